The maximum Gasteiger partial charge on any atom is 0.0630 e. The predicted octanol–water partition coefficient (Wildman–Crippen LogP) is 4.35. The molecular weight excluding hydrogens is 258 g/mol. The lowest BCUT2D eigenvalue weighted by molar-refractivity contribution is 0.275. The van der Waals surface area contributed by atoms with Crippen molar-refractivity contribution in [3.05, 3.63) is 18.0 Å². The van der Waals surface area contributed by atoms with Gasteiger partial charge in [-0.05, 0) is 37.2 Å². The Balaban J connectivity index is 1.96. The summed E-state index contributed by atoms with van der Waals surface area (Å²) >= 11 is 0. The van der Waals surface area contributed by atoms with E-state index in [1.165, 1.54) is 44.2 Å². The molecule has 1 unspecified atom stereocenters. The van der Waals surface area contributed by atoms with Crippen LogP contribution in [0.3, 0.4) is 0 Å². The smallest absolute Gasteiger partial charge is 0.0630 e. The molecule has 1 aromatic heterocycles. The minimum atomic E-state index is 0.302. The predicted molar refractivity (Wildman–Crippen MR) is 89.6 cm³/mol. The molecular formula is C18H33N3. The second-order valence-electron chi connectivity index (χ2n) is 7.46. The molecule has 0 radical (unpaired) electrons. The Morgan fingerprint density at radius 2 is 2.05 bits per heavy atom. The fourth-order valence-electron chi connectivity index (χ4n) is 3.22. The van der Waals surface area contributed by atoms with Gasteiger partial charge in [0, 0.05) is 18.8 Å². The molecule has 0 aliphatic heterocycles. The van der Waals surface area contributed by atoms with E-state index in [-0.39, 0.29) is 0 Å². The molecule has 0 spiro atoms. The zero-order valence-electron chi connectivity index (χ0n) is 14.4. The summed E-state index contributed by atoms with van der Waals surface area (Å²) in [5.41, 5.74) is 1.56. The number of hydrogen-bond donors (Lipinski definition) is 1. The highest BCUT2D eigenvalue weighted by atomic mass is 15.3. The molecule has 0 bridgehead atoms. The average molecular weight is 291 g/mol. The van der Waals surface area contributed by atoms with Crippen molar-refractivity contribution < 1.29 is 0 Å². The van der Waals surface area contributed by atoms with Gasteiger partial charge in [0.1, 0.15) is 0 Å². The number of hydrogen-bond acceptors (Lipinski definition) is 2. The Bertz CT molecular complexity index is 418. The number of aromatic nitrogens is 2. The molecule has 1 N–H and O–H groups in total. The molecule has 21 heavy (non-hydrogen) atoms. The van der Waals surface area contributed by atoms with Crippen LogP contribution in [0.15, 0.2) is 12.3 Å². The molecule has 120 valence electrons. The third kappa shape index (κ3) is 4.84. The van der Waals surface area contributed by atoms with Gasteiger partial charge in [0.15, 0.2) is 0 Å². The van der Waals surface area contributed by atoms with E-state index in [0.717, 1.165) is 13.0 Å². The van der Waals surface area contributed by atoms with Crippen LogP contribution in [0, 0.1) is 5.41 Å². The van der Waals surface area contributed by atoms with Crippen molar-refractivity contribution in [1.29, 1.82) is 0 Å². The fraction of sp³-hybridized carbons (Fsp3) is 0.833. The molecule has 1 saturated carbocycles. The largest absolute Gasteiger partial charge is 0.314 e. The maximum atomic E-state index is 4.88. The summed E-state index contributed by atoms with van der Waals surface area (Å²) < 4.78 is 2.24. The van der Waals surface area contributed by atoms with E-state index in [4.69, 9.17) is 5.10 Å². The second-order valence-corrected chi connectivity index (χ2v) is 7.46. The summed E-state index contributed by atoms with van der Waals surface area (Å²) in [6.45, 7) is 10.2. The van der Waals surface area contributed by atoms with Gasteiger partial charge < -0.3 is 5.32 Å². The molecule has 1 heterocycles. The molecule has 1 fully saturated rings. The van der Waals surface area contributed by atoms with Crippen LogP contribution in [-0.2, 0) is 6.42 Å². The first-order chi connectivity index (χ1) is 10.0. The number of rotatable bonds is 7. The first-order valence-corrected chi connectivity index (χ1v) is 8.80. The summed E-state index contributed by atoms with van der Waals surface area (Å²) in [4.78, 5) is 0. The quantitative estimate of drug-likeness (QED) is 0.809. The maximum absolute atomic E-state index is 4.88. The normalized spacial score (nSPS) is 19.9. The lowest BCUT2D eigenvalue weighted by Gasteiger charge is -2.29. The van der Waals surface area contributed by atoms with Gasteiger partial charge in [-0.1, -0.05) is 47.0 Å². The van der Waals surface area contributed by atoms with Crippen LogP contribution in [0.2, 0.25) is 0 Å². The van der Waals surface area contributed by atoms with E-state index in [2.05, 4.69) is 50.0 Å². The van der Waals surface area contributed by atoms with Crippen molar-refractivity contribution in [3.8, 4) is 0 Å². The van der Waals surface area contributed by atoms with Gasteiger partial charge in [-0.2, -0.15) is 5.10 Å². The third-order valence-electron chi connectivity index (χ3n) is 5.01. The average Bonchev–Trinajstić information content (AvgIpc) is 2.94. The monoisotopic (exact) mass is 291 g/mol. The Kier molecular flexibility index (Phi) is 5.86. The van der Waals surface area contributed by atoms with Gasteiger partial charge in [0.2, 0.25) is 0 Å². The SMILES string of the molecule is CCC(C)(CNC(C)C)Cc1ccn(C2CCCCC2)n1. The molecule has 3 nitrogen and oxygen atoms in total. The summed E-state index contributed by atoms with van der Waals surface area (Å²) in [5, 5.41) is 8.48. The fourth-order valence-corrected chi connectivity index (χ4v) is 3.22. The van der Waals surface area contributed by atoms with Gasteiger partial charge in [-0.25, -0.2) is 0 Å². The minimum absolute atomic E-state index is 0.302. The zero-order chi connectivity index (χ0) is 15.3. The van der Waals surface area contributed by atoms with Gasteiger partial charge in [-0.15, -0.1) is 0 Å². The molecule has 0 saturated heterocycles. The van der Waals surface area contributed by atoms with Crippen molar-refractivity contribution in [1.82, 2.24) is 15.1 Å². The van der Waals surface area contributed by atoms with Crippen molar-refractivity contribution in [2.24, 2.45) is 5.41 Å². The van der Waals surface area contributed by atoms with Crippen molar-refractivity contribution >= 4 is 0 Å². The van der Waals surface area contributed by atoms with Gasteiger partial charge in [0.05, 0.1) is 11.7 Å². The Morgan fingerprint density at radius 3 is 2.67 bits per heavy atom. The van der Waals surface area contributed by atoms with Crippen LogP contribution >= 0.6 is 0 Å². The molecule has 3 heteroatoms. The van der Waals surface area contributed by atoms with E-state index >= 15 is 0 Å². The van der Waals surface area contributed by atoms with Crippen molar-refractivity contribution in [3.63, 3.8) is 0 Å². The van der Waals surface area contributed by atoms with E-state index in [1.807, 2.05) is 0 Å². The molecule has 1 atom stereocenters. The first-order valence-electron chi connectivity index (χ1n) is 8.80. The Hall–Kier alpha value is -0.830. The summed E-state index contributed by atoms with van der Waals surface area (Å²) in [5.74, 6) is 0. The van der Waals surface area contributed by atoms with Crippen LogP contribution in [-0.4, -0.2) is 22.4 Å². The van der Waals surface area contributed by atoms with Crippen molar-refractivity contribution in [2.75, 3.05) is 6.54 Å². The van der Waals surface area contributed by atoms with Crippen LogP contribution in [0.5, 0.6) is 0 Å². The molecule has 1 aliphatic carbocycles. The highest BCUT2D eigenvalue weighted by molar-refractivity contribution is 5.04. The lowest BCUT2D eigenvalue weighted by atomic mass is 9.82. The zero-order valence-corrected chi connectivity index (χ0v) is 14.4. The van der Waals surface area contributed by atoms with Crippen LogP contribution in [0.4, 0.5) is 0 Å². The summed E-state index contributed by atoms with van der Waals surface area (Å²) in [6.07, 6.45) is 11.2. The summed E-state index contributed by atoms with van der Waals surface area (Å²) in [7, 11) is 0. The van der Waals surface area contributed by atoms with Gasteiger partial charge in [-0.3, -0.25) is 4.68 Å². The molecule has 1 aliphatic rings. The minimum Gasteiger partial charge on any atom is -0.314 e. The second kappa shape index (κ2) is 7.44. The van der Waals surface area contributed by atoms with E-state index in [1.54, 1.807) is 0 Å². The first kappa shape index (κ1) is 16.5. The van der Waals surface area contributed by atoms with Crippen LogP contribution in [0.25, 0.3) is 0 Å². The topological polar surface area (TPSA) is 29.9 Å². The third-order valence-corrected chi connectivity index (χ3v) is 5.01. The lowest BCUT2D eigenvalue weighted by Crippen LogP contribution is -2.36. The van der Waals surface area contributed by atoms with Crippen LogP contribution < -0.4 is 5.32 Å². The number of nitrogens with one attached hydrogen (secondary N) is 1. The standard InChI is InChI=1S/C18H33N3/c1-5-18(4,14-19-15(2)3)13-16-11-12-21(20-16)17-9-7-6-8-10-17/h11-12,15,17,19H,5-10,13-14H2,1-4H3. The van der Waals surface area contributed by atoms with E-state index in [0.29, 0.717) is 17.5 Å². The highest BCUT2D eigenvalue weighted by Gasteiger charge is 2.24. The van der Waals surface area contributed by atoms with Gasteiger partial charge >= 0.3 is 0 Å². The molecule has 2 rings (SSSR count). The van der Waals surface area contributed by atoms with Crippen LogP contribution in [0.1, 0.15) is 78.0 Å². The van der Waals surface area contributed by atoms with E-state index in [9.17, 15) is 0 Å². The van der Waals surface area contributed by atoms with E-state index < -0.39 is 0 Å². The molecule has 0 aromatic carbocycles. The van der Waals surface area contributed by atoms with Gasteiger partial charge in [0.25, 0.3) is 0 Å². The summed E-state index contributed by atoms with van der Waals surface area (Å²) in [6, 6.07) is 3.43. The Morgan fingerprint density at radius 1 is 1.33 bits per heavy atom. The molecule has 1 aromatic rings. The Labute approximate surface area is 130 Å². The molecule has 0 amide bonds. The highest BCUT2D eigenvalue weighted by Crippen LogP contribution is 2.29. The number of nitrogens with zero attached hydrogens (tertiary/aromatic N) is 2. The van der Waals surface area contributed by atoms with Crippen molar-refractivity contribution in [2.45, 2.75) is 84.7 Å².